The van der Waals surface area contributed by atoms with Crippen molar-refractivity contribution < 1.29 is 39.0 Å². The Hall–Kier alpha value is -1.20. The Kier molecular flexibility index (Phi) is 9.15. The largest absolute Gasteiger partial charge is 0.300 e. The number of hydrogen-bond donors (Lipinski definition) is 1. The van der Waals surface area contributed by atoms with E-state index in [2.05, 4.69) is 34.6 Å². The van der Waals surface area contributed by atoms with Crippen LogP contribution in [0.5, 0.6) is 0 Å². The molecule has 4 fully saturated rings. The van der Waals surface area contributed by atoms with Crippen LogP contribution in [0.25, 0.3) is 0 Å². The molecule has 4 saturated carbocycles. The van der Waals surface area contributed by atoms with Gasteiger partial charge in [-0.05, 0) is 110 Å². The van der Waals surface area contributed by atoms with Gasteiger partial charge in [-0.15, -0.1) is 0 Å². The fourth-order valence-electron chi connectivity index (χ4n) is 10.8. The van der Waals surface area contributed by atoms with Gasteiger partial charge in [-0.3, -0.25) is 4.55 Å². The van der Waals surface area contributed by atoms with Crippen LogP contribution in [-0.4, -0.2) is 26.6 Å². The molecule has 9 atom stereocenters. The quantitative estimate of drug-likeness (QED) is 0.171. The first kappa shape index (κ1) is 34.1. The Morgan fingerprint density at radius 2 is 1.32 bits per heavy atom. The zero-order valence-corrected chi connectivity index (χ0v) is 28.1. The van der Waals surface area contributed by atoms with Crippen LogP contribution in [0, 0.1) is 75.5 Å². The van der Waals surface area contributed by atoms with Crippen LogP contribution in [0.2, 0.25) is 0 Å². The third-order valence-electron chi connectivity index (χ3n) is 13.0. The van der Waals surface area contributed by atoms with Gasteiger partial charge in [0.2, 0.25) is 0 Å². The molecule has 11 heteroatoms. The Labute approximate surface area is 260 Å². The predicted octanol–water partition coefficient (Wildman–Crippen LogP) is 8.75. The van der Waals surface area contributed by atoms with Gasteiger partial charge in [0.25, 0.3) is 0 Å². The lowest BCUT2D eigenvalue weighted by Gasteiger charge is -2.61. The lowest BCUT2D eigenvalue weighted by molar-refractivity contribution is -0.113. The number of sulfone groups is 1. The van der Waals surface area contributed by atoms with E-state index in [1.165, 1.54) is 32.1 Å². The highest BCUT2D eigenvalue weighted by Gasteiger charge is 2.61. The summed E-state index contributed by atoms with van der Waals surface area (Å²) in [4.78, 5) is -4.03. The van der Waals surface area contributed by atoms with E-state index in [0.29, 0.717) is 41.4 Å². The summed E-state index contributed by atoms with van der Waals surface area (Å²) in [5.41, 5.74) is 0.166. The van der Waals surface area contributed by atoms with Gasteiger partial charge in [0.15, 0.2) is 38.0 Å². The fraction of sp³-hybridized carbons (Fsp3) is 0.818. The molecule has 4 aliphatic carbocycles. The van der Waals surface area contributed by atoms with E-state index in [9.17, 15) is 34.4 Å². The zero-order valence-electron chi connectivity index (χ0n) is 26.5. The van der Waals surface area contributed by atoms with Gasteiger partial charge in [-0.1, -0.05) is 53.9 Å². The van der Waals surface area contributed by atoms with E-state index >= 15 is 0 Å². The number of hydrogen-bond acceptors (Lipinski definition) is 4. The van der Waals surface area contributed by atoms with Gasteiger partial charge in [0, 0.05) is 0 Å². The van der Waals surface area contributed by atoms with Crippen molar-refractivity contribution in [3.05, 3.63) is 23.3 Å². The van der Waals surface area contributed by atoms with Crippen molar-refractivity contribution in [2.24, 2.45) is 52.3 Å². The van der Waals surface area contributed by atoms with Crippen LogP contribution in [0.15, 0.2) is 9.79 Å². The molecule has 0 bridgehead atoms. The van der Waals surface area contributed by atoms with Crippen LogP contribution in [-0.2, 0) is 20.0 Å². The molecule has 250 valence electrons. The molecule has 1 aromatic rings. The smallest absolute Gasteiger partial charge is 0.282 e. The molecule has 1 aromatic carbocycles. The van der Waals surface area contributed by atoms with Crippen LogP contribution in [0.1, 0.15) is 112 Å². The highest BCUT2D eigenvalue weighted by molar-refractivity contribution is 7.92. The fourth-order valence-corrected chi connectivity index (χ4v) is 13.3. The van der Waals surface area contributed by atoms with Crippen molar-refractivity contribution in [2.75, 3.05) is 0 Å². The summed E-state index contributed by atoms with van der Waals surface area (Å²) in [6.07, 6.45) is 11.0. The third kappa shape index (κ3) is 5.46. The average Bonchev–Trinajstić information content (AvgIpc) is 3.28. The van der Waals surface area contributed by atoms with E-state index < -0.39 is 58.3 Å². The highest BCUT2D eigenvalue weighted by atomic mass is 32.2. The second kappa shape index (κ2) is 11.8. The van der Waals surface area contributed by atoms with Gasteiger partial charge in [0.05, 0.1) is 5.25 Å². The molecule has 4 aliphatic rings. The molecule has 0 amide bonds. The van der Waals surface area contributed by atoms with E-state index in [4.69, 9.17) is 4.55 Å². The highest BCUT2D eigenvalue weighted by Crippen LogP contribution is 2.68. The predicted molar refractivity (Wildman–Crippen MR) is 160 cm³/mol. The summed E-state index contributed by atoms with van der Waals surface area (Å²) in [5, 5.41) is -1.26. The SMILES string of the molecule is CC(C)CCCC(C)C1CCC2C3CCC4CC(S(=O)(=O)c5c(F)c(F)c(S(=O)(=O)O)c(F)c5F)CCC4(C)C3CCC12C. The van der Waals surface area contributed by atoms with Crippen molar-refractivity contribution >= 4 is 20.0 Å². The summed E-state index contributed by atoms with van der Waals surface area (Å²) in [7, 11) is -10.6. The molecule has 0 spiro atoms. The Balaban J connectivity index is 1.35. The second-order valence-corrected chi connectivity index (χ2v) is 19.0. The van der Waals surface area contributed by atoms with Crippen molar-refractivity contribution in [2.45, 2.75) is 127 Å². The minimum Gasteiger partial charge on any atom is -0.282 e. The number of fused-ring (bicyclic) bond motifs is 5. The summed E-state index contributed by atoms with van der Waals surface area (Å²) in [6, 6.07) is 0. The lowest BCUT2D eigenvalue weighted by atomic mass is 9.44. The molecule has 0 heterocycles. The van der Waals surface area contributed by atoms with Gasteiger partial charge in [0.1, 0.15) is 4.90 Å². The van der Waals surface area contributed by atoms with Gasteiger partial charge < -0.3 is 0 Å². The van der Waals surface area contributed by atoms with E-state index in [1.807, 2.05) is 0 Å². The number of rotatable bonds is 8. The van der Waals surface area contributed by atoms with Crippen molar-refractivity contribution in [3.63, 3.8) is 0 Å². The van der Waals surface area contributed by atoms with Crippen LogP contribution in [0.4, 0.5) is 17.6 Å². The van der Waals surface area contributed by atoms with Gasteiger partial charge in [-0.2, -0.15) is 8.42 Å². The first-order valence-electron chi connectivity index (χ1n) is 16.4. The third-order valence-corrected chi connectivity index (χ3v) is 16.1. The first-order valence-corrected chi connectivity index (χ1v) is 19.4. The number of halogens is 4. The minimum atomic E-state index is -5.68. The molecule has 44 heavy (non-hydrogen) atoms. The molecule has 9 unspecified atom stereocenters. The number of benzene rings is 1. The van der Waals surface area contributed by atoms with Gasteiger partial charge >= 0.3 is 10.1 Å². The summed E-state index contributed by atoms with van der Waals surface area (Å²) < 4.78 is 118. The molecule has 5 nitrogen and oxygen atoms in total. The maximum absolute atomic E-state index is 14.9. The van der Waals surface area contributed by atoms with Crippen LogP contribution < -0.4 is 0 Å². The normalized spacial score (nSPS) is 36.5. The van der Waals surface area contributed by atoms with E-state index in [1.54, 1.807) is 0 Å². The van der Waals surface area contributed by atoms with Crippen LogP contribution in [0.3, 0.4) is 0 Å². The maximum Gasteiger partial charge on any atom is 0.300 e. The van der Waals surface area contributed by atoms with Crippen molar-refractivity contribution in [1.82, 2.24) is 0 Å². The molecular formula is C33H48F4O5S2. The van der Waals surface area contributed by atoms with Gasteiger partial charge in [-0.25, -0.2) is 26.0 Å². The molecule has 0 aromatic heterocycles. The Morgan fingerprint density at radius 1 is 0.750 bits per heavy atom. The molecule has 1 N–H and O–H groups in total. The second-order valence-electron chi connectivity index (χ2n) is 15.5. The maximum atomic E-state index is 14.9. The average molecular weight is 665 g/mol. The summed E-state index contributed by atoms with van der Waals surface area (Å²) in [6.45, 7) is 11.7. The Morgan fingerprint density at radius 3 is 1.91 bits per heavy atom. The van der Waals surface area contributed by atoms with Crippen molar-refractivity contribution in [3.8, 4) is 0 Å². The topological polar surface area (TPSA) is 88.5 Å². The molecule has 0 saturated heterocycles. The Bertz CT molecular complexity index is 1470. The van der Waals surface area contributed by atoms with Crippen molar-refractivity contribution in [1.29, 1.82) is 0 Å². The molecule has 5 rings (SSSR count). The zero-order chi connectivity index (χ0) is 32.6. The molecular weight excluding hydrogens is 616 g/mol. The summed E-state index contributed by atoms with van der Waals surface area (Å²) in [5.74, 6) is -5.82. The monoisotopic (exact) mass is 664 g/mol. The lowest BCUT2D eigenvalue weighted by Crippen LogP contribution is -2.54. The standard InChI is InChI=1S/C33H48F4O5S2/c1-18(2)7-6-8-19(3)23-11-12-24-22-10-9-20-17-21(13-15-32(20,4)25(22)14-16-33(23,24)5)43(38,39)30-26(34)28(36)31(44(40,41)42)29(37)27(30)35/h18-25H,6-17H2,1-5H3,(H,40,41,42). The summed E-state index contributed by atoms with van der Waals surface area (Å²) >= 11 is 0. The van der Waals surface area contributed by atoms with E-state index in [-0.39, 0.29) is 24.2 Å². The first-order chi connectivity index (χ1) is 20.4. The molecule has 0 radical (unpaired) electrons. The molecule has 0 aliphatic heterocycles. The minimum absolute atomic E-state index is 0.0216. The van der Waals surface area contributed by atoms with E-state index in [0.717, 1.165) is 31.6 Å². The van der Waals surface area contributed by atoms with Crippen LogP contribution >= 0.6 is 0 Å².